The fourth-order valence-electron chi connectivity index (χ4n) is 4.32. The number of fused-ring (bicyclic) bond motifs is 1. The predicted molar refractivity (Wildman–Crippen MR) is 114 cm³/mol. The van der Waals surface area contributed by atoms with E-state index in [9.17, 15) is 9.18 Å². The molecule has 2 aromatic rings. The van der Waals surface area contributed by atoms with Gasteiger partial charge in [0.2, 0.25) is 5.91 Å². The Morgan fingerprint density at radius 2 is 1.87 bits per heavy atom. The average Bonchev–Trinajstić information content (AvgIpc) is 2.72. The van der Waals surface area contributed by atoms with Crippen molar-refractivity contribution in [2.24, 2.45) is 5.92 Å². The topological polar surface area (TPSA) is 52.0 Å². The van der Waals surface area contributed by atoms with E-state index in [1.807, 2.05) is 39.0 Å². The highest BCUT2D eigenvalue weighted by Crippen LogP contribution is 2.35. The van der Waals surface area contributed by atoms with Gasteiger partial charge < -0.3 is 19.7 Å². The highest BCUT2D eigenvalue weighted by Gasteiger charge is 2.37. The lowest BCUT2D eigenvalue weighted by atomic mass is 9.87. The number of halogens is 1. The maximum Gasteiger partial charge on any atom is 0.222 e. The number of carbonyl (C=O) groups is 1. The predicted octanol–water partition coefficient (Wildman–Crippen LogP) is 2.69. The van der Waals surface area contributed by atoms with E-state index in [1.54, 1.807) is 26.4 Å². The number of carbonyl (C=O) groups excluding carboxylic acids is 1. The van der Waals surface area contributed by atoms with Crippen molar-refractivity contribution in [2.45, 2.75) is 45.8 Å². The van der Waals surface area contributed by atoms with E-state index < -0.39 is 0 Å². The van der Waals surface area contributed by atoms with Crippen molar-refractivity contribution >= 4 is 5.91 Å². The summed E-state index contributed by atoms with van der Waals surface area (Å²) in [4.78, 5) is 13.7. The Labute approximate surface area is 178 Å². The van der Waals surface area contributed by atoms with Gasteiger partial charge >= 0.3 is 0 Å². The van der Waals surface area contributed by atoms with E-state index in [0.717, 1.165) is 24.1 Å². The van der Waals surface area contributed by atoms with Gasteiger partial charge in [-0.1, -0.05) is 26.0 Å². The van der Waals surface area contributed by atoms with Crippen molar-refractivity contribution in [1.82, 2.24) is 5.32 Å². The first-order valence-electron chi connectivity index (χ1n) is 10.5. The molecule has 0 radical (unpaired) electrons. The molecule has 2 N–H and O–H groups in total. The number of methoxy groups -OCH3 is 2. The monoisotopic (exact) mass is 415 g/mol. The molecule has 1 aliphatic rings. The summed E-state index contributed by atoms with van der Waals surface area (Å²) in [5, 5.41) is 3.18. The SMILES string of the molecule is COc1cc2c(cc1OC)[C@@H]([C@@H](C)NC(=O)C(C)C)[NH+](Cc1cccc(F)c1)CC2. The van der Waals surface area contributed by atoms with Gasteiger partial charge in [0.1, 0.15) is 18.4 Å². The van der Waals surface area contributed by atoms with Crippen LogP contribution in [-0.2, 0) is 17.8 Å². The molecule has 0 aliphatic carbocycles. The standard InChI is InChI=1S/C24H31FN2O3/c1-15(2)24(28)26-16(3)23-20-13-22(30-5)21(29-4)12-18(20)9-10-27(23)14-17-7-6-8-19(25)11-17/h6-8,11-13,15-16,23H,9-10,14H2,1-5H3,(H,26,28)/p+1/t16-,23-/m1/s1. The maximum absolute atomic E-state index is 13.8. The largest absolute Gasteiger partial charge is 0.493 e. The van der Waals surface area contributed by atoms with Crippen LogP contribution in [0.4, 0.5) is 4.39 Å². The number of ether oxygens (including phenoxy) is 2. The molecular formula is C24H32FN2O3+. The third-order valence-electron chi connectivity index (χ3n) is 5.85. The lowest BCUT2D eigenvalue weighted by molar-refractivity contribution is -0.948. The van der Waals surface area contributed by atoms with Crippen molar-refractivity contribution < 1.29 is 23.6 Å². The number of hydrogen-bond acceptors (Lipinski definition) is 3. The Bertz CT molecular complexity index is 900. The maximum atomic E-state index is 13.8. The van der Waals surface area contributed by atoms with Crippen LogP contribution < -0.4 is 19.7 Å². The number of hydrogen-bond donors (Lipinski definition) is 2. The first-order valence-corrected chi connectivity index (χ1v) is 10.5. The summed E-state index contributed by atoms with van der Waals surface area (Å²) < 4.78 is 24.8. The Hall–Kier alpha value is -2.60. The molecule has 1 unspecified atom stereocenters. The van der Waals surface area contributed by atoms with Gasteiger partial charge in [-0.2, -0.15) is 0 Å². The number of nitrogens with one attached hydrogen (secondary N) is 2. The zero-order valence-corrected chi connectivity index (χ0v) is 18.4. The minimum atomic E-state index is -0.228. The molecule has 1 heterocycles. The molecule has 0 fully saturated rings. The zero-order chi connectivity index (χ0) is 21.8. The first kappa shape index (κ1) is 22.1. The first-order chi connectivity index (χ1) is 14.3. The van der Waals surface area contributed by atoms with E-state index >= 15 is 0 Å². The van der Waals surface area contributed by atoms with Gasteiger partial charge in [0, 0.05) is 23.5 Å². The molecule has 0 saturated heterocycles. The molecule has 0 bridgehead atoms. The van der Waals surface area contributed by atoms with Gasteiger partial charge in [-0.3, -0.25) is 4.79 Å². The van der Waals surface area contributed by atoms with Gasteiger partial charge in [0.05, 0.1) is 26.8 Å². The van der Waals surface area contributed by atoms with Gasteiger partial charge in [0.25, 0.3) is 0 Å². The summed E-state index contributed by atoms with van der Waals surface area (Å²) in [7, 11) is 3.26. The second-order valence-corrected chi connectivity index (χ2v) is 8.30. The minimum absolute atomic E-state index is 0.0134. The molecule has 0 saturated carbocycles. The molecule has 5 nitrogen and oxygen atoms in total. The van der Waals surface area contributed by atoms with Crippen molar-refractivity contribution in [1.29, 1.82) is 0 Å². The highest BCUT2D eigenvalue weighted by atomic mass is 19.1. The summed E-state index contributed by atoms with van der Waals surface area (Å²) in [6.07, 6.45) is 0.877. The van der Waals surface area contributed by atoms with Crippen LogP contribution in [0.2, 0.25) is 0 Å². The van der Waals surface area contributed by atoms with E-state index in [4.69, 9.17) is 9.47 Å². The fourth-order valence-corrected chi connectivity index (χ4v) is 4.32. The third kappa shape index (κ3) is 4.75. The molecular weight excluding hydrogens is 383 g/mol. The molecule has 1 aliphatic heterocycles. The van der Waals surface area contributed by atoms with E-state index in [1.165, 1.54) is 16.5 Å². The zero-order valence-electron chi connectivity index (χ0n) is 18.4. The molecule has 2 aromatic carbocycles. The Morgan fingerprint density at radius 1 is 1.17 bits per heavy atom. The van der Waals surface area contributed by atoms with E-state index in [0.29, 0.717) is 18.0 Å². The summed E-state index contributed by atoms with van der Waals surface area (Å²) in [5.74, 6) is 1.10. The fraction of sp³-hybridized carbons (Fsp3) is 0.458. The quantitative estimate of drug-likeness (QED) is 0.731. The van der Waals surface area contributed by atoms with Gasteiger partial charge in [-0.15, -0.1) is 0 Å². The second kappa shape index (κ2) is 9.47. The normalized spacial score (nSPS) is 19.2. The molecule has 3 rings (SSSR count). The van der Waals surface area contributed by atoms with E-state index in [2.05, 4.69) is 5.32 Å². The smallest absolute Gasteiger partial charge is 0.222 e. The van der Waals surface area contributed by atoms with Crippen LogP contribution in [-0.4, -0.2) is 32.7 Å². The van der Waals surface area contributed by atoms with Crippen LogP contribution in [0.25, 0.3) is 0 Å². The Kier molecular flexibility index (Phi) is 6.98. The number of quaternary nitrogens is 1. The average molecular weight is 416 g/mol. The second-order valence-electron chi connectivity index (χ2n) is 8.30. The highest BCUT2D eigenvalue weighted by molar-refractivity contribution is 5.78. The van der Waals surface area contributed by atoms with Gasteiger partial charge in [0.15, 0.2) is 11.5 Å². The van der Waals surface area contributed by atoms with Crippen LogP contribution in [0.1, 0.15) is 43.5 Å². The lowest BCUT2D eigenvalue weighted by Crippen LogP contribution is -3.13. The lowest BCUT2D eigenvalue weighted by Gasteiger charge is -2.38. The summed E-state index contributed by atoms with van der Waals surface area (Å²) in [5.41, 5.74) is 3.29. The Morgan fingerprint density at radius 3 is 2.50 bits per heavy atom. The molecule has 1 amide bonds. The van der Waals surface area contributed by atoms with Crippen molar-refractivity contribution in [2.75, 3.05) is 20.8 Å². The molecule has 162 valence electrons. The van der Waals surface area contributed by atoms with E-state index in [-0.39, 0.29) is 29.7 Å². The molecule has 0 spiro atoms. The van der Waals surface area contributed by atoms with Crippen LogP contribution in [0.5, 0.6) is 11.5 Å². The van der Waals surface area contributed by atoms with Crippen LogP contribution in [0, 0.1) is 11.7 Å². The third-order valence-corrected chi connectivity index (χ3v) is 5.85. The molecule has 0 aromatic heterocycles. The summed E-state index contributed by atoms with van der Waals surface area (Å²) in [6.45, 7) is 7.39. The van der Waals surface area contributed by atoms with Crippen molar-refractivity contribution in [3.8, 4) is 11.5 Å². The number of amides is 1. The summed E-state index contributed by atoms with van der Waals surface area (Å²) >= 11 is 0. The number of benzene rings is 2. The molecule has 3 atom stereocenters. The van der Waals surface area contributed by atoms with Crippen LogP contribution in [0.3, 0.4) is 0 Å². The van der Waals surface area contributed by atoms with Gasteiger partial charge in [-0.05, 0) is 36.8 Å². The van der Waals surface area contributed by atoms with Crippen LogP contribution in [0.15, 0.2) is 36.4 Å². The minimum Gasteiger partial charge on any atom is -0.493 e. The Balaban J connectivity index is 1.99. The van der Waals surface area contributed by atoms with Crippen LogP contribution >= 0.6 is 0 Å². The number of rotatable bonds is 7. The van der Waals surface area contributed by atoms with Gasteiger partial charge in [-0.25, -0.2) is 4.39 Å². The summed E-state index contributed by atoms with van der Waals surface area (Å²) in [6, 6.07) is 10.7. The molecule has 6 heteroatoms. The molecule has 30 heavy (non-hydrogen) atoms. The van der Waals surface area contributed by atoms with Crippen molar-refractivity contribution in [3.05, 3.63) is 58.9 Å². The van der Waals surface area contributed by atoms with Crippen molar-refractivity contribution in [3.63, 3.8) is 0 Å².